The Morgan fingerprint density at radius 1 is 0.840 bits per heavy atom. The molecule has 7 heteroatoms. The van der Waals surface area contributed by atoms with Gasteiger partial charge in [-0.2, -0.15) is 0 Å². The number of hydrogen-bond acceptors (Lipinski definition) is 6. The molecule has 0 fully saturated rings. The molecule has 0 spiro atoms. The number of carbonyl (C=O) groups is 1. The van der Waals surface area contributed by atoms with E-state index in [-0.39, 0.29) is 5.91 Å². The molecule has 0 aliphatic rings. The van der Waals surface area contributed by atoms with Crippen LogP contribution in [0.15, 0.2) is 24.3 Å². The summed E-state index contributed by atoms with van der Waals surface area (Å²) in [6, 6.07) is 7.26. The molecule has 25 heavy (non-hydrogen) atoms. The van der Waals surface area contributed by atoms with Crippen molar-refractivity contribution in [1.82, 2.24) is 0 Å². The van der Waals surface area contributed by atoms with Gasteiger partial charge in [0.2, 0.25) is 5.91 Å². The number of ether oxygens (including phenoxy) is 5. The van der Waals surface area contributed by atoms with E-state index in [0.717, 1.165) is 11.4 Å². The molecular formula is C18H29NO6. The monoisotopic (exact) mass is 355 g/mol. The number of amides is 1. The van der Waals surface area contributed by atoms with Crippen LogP contribution in [-0.4, -0.2) is 65.9 Å². The van der Waals surface area contributed by atoms with Gasteiger partial charge in [0, 0.05) is 19.2 Å². The summed E-state index contributed by atoms with van der Waals surface area (Å²) in [4.78, 5) is 11.3. The molecule has 0 aliphatic heterocycles. The molecule has 1 N–H and O–H groups in total. The maximum Gasteiger partial charge on any atom is 0.224 e. The molecule has 1 aromatic rings. The lowest BCUT2D eigenvalue weighted by Gasteiger charge is -2.09. The van der Waals surface area contributed by atoms with Gasteiger partial charge in [-0.25, -0.2) is 0 Å². The van der Waals surface area contributed by atoms with E-state index >= 15 is 0 Å². The SMILES string of the molecule is CCC(=O)Nc1ccc(OCCOCCOCCOCCOC)cc1. The fraction of sp³-hybridized carbons (Fsp3) is 0.611. The first kappa shape index (κ1) is 21.4. The second-order valence-corrected chi connectivity index (χ2v) is 5.10. The van der Waals surface area contributed by atoms with Crippen molar-refractivity contribution >= 4 is 11.6 Å². The highest BCUT2D eigenvalue weighted by Crippen LogP contribution is 2.15. The van der Waals surface area contributed by atoms with Crippen LogP contribution < -0.4 is 10.1 Å². The van der Waals surface area contributed by atoms with Crippen LogP contribution in [0.2, 0.25) is 0 Å². The number of rotatable bonds is 15. The van der Waals surface area contributed by atoms with Crippen molar-refractivity contribution < 1.29 is 28.5 Å². The lowest BCUT2D eigenvalue weighted by atomic mass is 10.3. The standard InChI is InChI=1S/C18H29NO6/c1-3-18(20)19-16-4-6-17(7-5-16)25-15-14-24-13-12-23-11-10-22-9-8-21-2/h4-7H,3,8-15H2,1-2H3,(H,19,20). The molecule has 0 saturated carbocycles. The molecule has 1 aromatic carbocycles. The maximum absolute atomic E-state index is 11.3. The molecule has 0 radical (unpaired) electrons. The number of carbonyl (C=O) groups excluding carboxylic acids is 1. The first-order chi connectivity index (χ1) is 12.3. The van der Waals surface area contributed by atoms with Crippen LogP contribution in [-0.2, 0) is 23.7 Å². The molecule has 142 valence electrons. The third-order valence-corrected chi connectivity index (χ3v) is 3.13. The molecule has 0 atom stereocenters. The van der Waals surface area contributed by atoms with E-state index in [2.05, 4.69) is 5.32 Å². The molecule has 0 bridgehead atoms. The van der Waals surface area contributed by atoms with Crippen LogP contribution in [0.4, 0.5) is 5.69 Å². The Kier molecular flexibility index (Phi) is 12.5. The summed E-state index contributed by atoms with van der Waals surface area (Å²) >= 11 is 0. The molecule has 0 unspecified atom stereocenters. The van der Waals surface area contributed by atoms with E-state index in [4.69, 9.17) is 23.7 Å². The van der Waals surface area contributed by atoms with E-state index in [1.54, 1.807) is 7.11 Å². The van der Waals surface area contributed by atoms with Gasteiger partial charge in [-0.3, -0.25) is 4.79 Å². The van der Waals surface area contributed by atoms with Crippen molar-refractivity contribution in [3.63, 3.8) is 0 Å². The van der Waals surface area contributed by atoms with Crippen molar-refractivity contribution in [3.8, 4) is 5.75 Å². The van der Waals surface area contributed by atoms with Crippen LogP contribution in [0.25, 0.3) is 0 Å². The summed E-state index contributed by atoms with van der Waals surface area (Å²) < 4.78 is 26.5. The van der Waals surface area contributed by atoms with Gasteiger partial charge in [-0.1, -0.05) is 6.92 Å². The van der Waals surface area contributed by atoms with Gasteiger partial charge in [0.15, 0.2) is 0 Å². The Balaban J connectivity index is 1.95. The fourth-order valence-electron chi connectivity index (χ4n) is 1.79. The van der Waals surface area contributed by atoms with Crippen LogP contribution in [0.1, 0.15) is 13.3 Å². The number of hydrogen-bond donors (Lipinski definition) is 1. The highest BCUT2D eigenvalue weighted by atomic mass is 16.6. The van der Waals surface area contributed by atoms with Crippen LogP contribution in [0.3, 0.4) is 0 Å². The zero-order valence-electron chi connectivity index (χ0n) is 15.1. The van der Waals surface area contributed by atoms with Crippen LogP contribution in [0.5, 0.6) is 5.75 Å². The summed E-state index contributed by atoms with van der Waals surface area (Å²) in [6.07, 6.45) is 0.458. The Labute approximate surface area is 149 Å². The van der Waals surface area contributed by atoms with Crippen molar-refractivity contribution in [2.24, 2.45) is 0 Å². The quantitative estimate of drug-likeness (QED) is 0.486. The van der Waals surface area contributed by atoms with Crippen molar-refractivity contribution in [2.45, 2.75) is 13.3 Å². The summed E-state index contributed by atoms with van der Waals surface area (Å²) in [7, 11) is 1.64. The van der Waals surface area contributed by atoms with Gasteiger partial charge in [-0.05, 0) is 24.3 Å². The minimum Gasteiger partial charge on any atom is -0.491 e. The molecule has 0 heterocycles. The smallest absolute Gasteiger partial charge is 0.224 e. The van der Waals surface area contributed by atoms with Crippen molar-refractivity contribution in [1.29, 1.82) is 0 Å². The van der Waals surface area contributed by atoms with E-state index in [0.29, 0.717) is 59.3 Å². The fourth-order valence-corrected chi connectivity index (χ4v) is 1.79. The minimum atomic E-state index is -0.00849. The lowest BCUT2D eigenvalue weighted by Crippen LogP contribution is -2.13. The first-order valence-electron chi connectivity index (χ1n) is 8.51. The van der Waals surface area contributed by atoms with Gasteiger partial charge >= 0.3 is 0 Å². The molecule has 0 aromatic heterocycles. The number of nitrogens with one attached hydrogen (secondary N) is 1. The average Bonchev–Trinajstić information content (AvgIpc) is 2.64. The Morgan fingerprint density at radius 3 is 1.88 bits per heavy atom. The number of methoxy groups -OCH3 is 1. The highest BCUT2D eigenvalue weighted by molar-refractivity contribution is 5.90. The first-order valence-corrected chi connectivity index (χ1v) is 8.51. The highest BCUT2D eigenvalue weighted by Gasteiger charge is 1.99. The van der Waals surface area contributed by atoms with Gasteiger partial charge in [0.25, 0.3) is 0 Å². The molecule has 1 rings (SSSR count). The number of anilines is 1. The minimum absolute atomic E-state index is 0.00849. The van der Waals surface area contributed by atoms with Gasteiger partial charge in [-0.15, -0.1) is 0 Å². The molecular weight excluding hydrogens is 326 g/mol. The third kappa shape index (κ3) is 11.5. The van der Waals surface area contributed by atoms with E-state index in [1.165, 1.54) is 0 Å². The lowest BCUT2D eigenvalue weighted by molar-refractivity contribution is -0.115. The van der Waals surface area contributed by atoms with Gasteiger partial charge in [0.1, 0.15) is 12.4 Å². The molecule has 1 amide bonds. The zero-order chi connectivity index (χ0) is 18.2. The second kappa shape index (κ2) is 14.7. The van der Waals surface area contributed by atoms with Crippen molar-refractivity contribution in [2.75, 3.05) is 65.3 Å². The summed E-state index contributed by atoms with van der Waals surface area (Å²) in [6.45, 7) is 6.09. The normalized spacial score (nSPS) is 10.6. The maximum atomic E-state index is 11.3. The summed E-state index contributed by atoms with van der Waals surface area (Å²) in [5.41, 5.74) is 0.763. The van der Waals surface area contributed by atoms with E-state index < -0.39 is 0 Å². The summed E-state index contributed by atoms with van der Waals surface area (Å²) in [5.74, 6) is 0.730. The molecule has 0 saturated heterocycles. The third-order valence-electron chi connectivity index (χ3n) is 3.13. The zero-order valence-corrected chi connectivity index (χ0v) is 15.1. The van der Waals surface area contributed by atoms with Crippen molar-refractivity contribution in [3.05, 3.63) is 24.3 Å². The Morgan fingerprint density at radius 2 is 1.36 bits per heavy atom. The number of benzene rings is 1. The molecule has 7 nitrogen and oxygen atoms in total. The average molecular weight is 355 g/mol. The predicted molar refractivity (Wildman–Crippen MR) is 95.2 cm³/mol. The van der Waals surface area contributed by atoms with Crippen LogP contribution >= 0.6 is 0 Å². The Hall–Kier alpha value is -1.67. The Bertz CT molecular complexity index is 451. The van der Waals surface area contributed by atoms with Gasteiger partial charge < -0.3 is 29.0 Å². The predicted octanol–water partition coefficient (Wildman–Crippen LogP) is 2.11. The summed E-state index contributed by atoms with van der Waals surface area (Å²) in [5, 5.41) is 2.79. The largest absolute Gasteiger partial charge is 0.491 e. The topological polar surface area (TPSA) is 75.3 Å². The van der Waals surface area contributed by atoms with E-state index in [9.17, 15) is 4.79 Å². The molecule has 0 aliphatic carbocycles. The van der Waals surface area contributed by atoms with E-state index in [1.807, 2.05) is 31.2 Å². The van der Waals surface area contributed by atoms with Crippen LogP contribution in [0, 0.1) is 0 Å². The second-order valence-electron chi connectivity index (χ2n) is 5.10. The van der Waals surface area contributed by atoms with Gasteiger partial charge in [0.05, 0.1) is 46.2 Å².